The summed E-state index contributed by atoms with van der Waals surface area (Å²) in [5.41, 5.74) is 1.99. The van der Waals surface area contributed by atoms with E-state index in [9.17, 15) is 5.11 Å². The first kappa shape index (κ1) is 13.6. The quantitative estimate of drug-likeness (QED) is 0.905. The topological polar surface area (TPSA) is 38.0 Å². The van der Waals surface area contributed by atoms with Gasteiger partial charge in [-0.3, -0.25) is 0 Å². The van der Waals surface area contributed by atoms with Crippen molar-refractivity contribution in [3.05, 3.63) is 36.8 Å². The average molecular weight is 253 g/mol. The van der Waals surface area contributed by atoms with Crippen LogP contribution in [0.4, 0.5) is 0 Å². The van der Waals surface area contributed by atoms with Crippen LogP contribution in [0.3, 0.4) is 0 Å². The molecule has 1 N–H and O–H groups in total. The molecule has 0 aliphatic rings. The number of rotatable bonds is 4. The number of aryl methyl sites for hydroxylation is 1. The molecule has 2 rings (SSSR count). The number of imidazole rings is 1. The van der Waals surface area contributed by atoms with E-state index >= 15 is 0 Å². The summed E-state index contributed by atoms with van der Waals surface area (Å²) >= 11 is 0. The fraction of sp³-hybridized carbons (Fsp3) is 0.308. The summed E-state index contributed by atoms with van der Waals surface area (Å²) in [5, 5.41) is 9.20. The fourth-order valence-electron chi connectivity index (χ4n) is 1.60. The number of hydrogen-bond acceptors (Lipinski definition) is 2. The highest BCUT2D eigenvalue weighted by Gasteiger charge is 2.01. The van der Waals surface area contributed by atoms with Crippen molar-refractivity contribution < 1.29 is 5.11 Å². The van der Waals surface area contributed by atoms with E-state index in [4.69, 9.17) is 0 Å². The highest BCUT2D eigenvalue weighted by atomic mass is 35.5. The molecule has 17 heavy (non-hydrogen) atoms. The van der Waals surface area contributed by atoms with E-state index in [1.165, 1.54) is 12.8 Å². The van der Waals surface area contributed by atoms with Crippen LogP contribution in [0.1, 0.15) is 19.8 Å². The number of aromatic nitrogens is 2. The molecule has 1 aromatic heterocycles. The second-order valence-corrected chi connectivity index (χ2v) is 3.90. The zero-order chi connectivity index (χ0) is 11.4. The van der Waals surface area contributed by atoms with Gasteiger partial charge in [0.15, 0.2) is 0 Å². The molecular weight excluding hydrogens is 236 g/mol. The number of phenolic OH excluding ortho intramolecular Hbond substituents is 1. The molecule has 0 unspecified atom stereocenters. The van der Waals surface area contributed by atoms with Crippen molar-refractivity contribution in [1.82, 2.24) is 9.55 Å². The van der Waals surface area contributed by atoms with Gasteiger partial charge in [-0.2, -0.15) is 0 Å². The van der Waals surface area contributed by atoms with Gasteiger partial charge in [-0.25, -0.2) is 4.98 Å². The molecule has 4 heteroatoms. The van der Waals surface area contributed by atoms with Crippen LogP contribution < -0.4 is 0 Å². The number of unbranched alkanes of at least 4 members (excludes halogenated alkanes) is 1. The highest BCUT2D eigenvalue weighted by Crippen LogP contribution is 2.19. The first-order valence-corrected chi connectivity index (χ1v) is 5.61. The standard InChI is InChI=1S/C13H16N2O.ClH/c1-2-3-8-15-9-13(14-10-15)11-4-6-12(16)7-5-11;/h4-7,9-10,16H,2-3,8H2,1H3;1H. The summed E-state index contributed by atoms with van der Waals surface area (Å²) in [6.45, 7) is 3.19. The minimum absolute atomic E-state index is 0. The van der Waals surface area contributed by atoms with Gasteiger partial charge in [0.1, 0.15) is 5.75 Å². The van der Waals surface area contributed by atoms with Gasteiger partial charge < -0.3 is 9.67 Å². The van der Waals surface area contributed by atoms with Crippen LogP contribution in [0.5, 0.6) is 5.75 Å². The maximum atomic E-state index is 9.20. The molecule has 92 valence electrons. The minimum atomic E-state index is 0. The van der Waals surface area contributed by atoms with E-state index in [1.807, 2.05) is 24.7 Å². The molecule has 1 aromatic carbocycles. The molecule has 0 spiro atoms. The number of benzene rings is 1. The Hall–Kier alpha value is -1.48. The fourth-order valence-corrected chi connectivity index (χ4v) is 1.60. The molecule has 0 saturated carbocycles. The Kier molecular flexibility index (Phi) is 5.04. The van der Waals surface area contributed by atoms with Crippen LogP contribution in [-0.2, 0) is 6.54 Å². The summed E-state index contributed by atoms with van der Waals surface area (Å²) in [5.74, 6) is 0.286. The van der Waals surface area contributed by atoms with Gasteiger partial charge >= 0.3 is 0 Å². The van der Waals surface area contributed by atoms with Gasteiger partial charge in [-0.1, -0.05) is 13.3 Å². The highest BCUT2D eigenvalue weighted by molar-refractivity contribution is 5.85. The third-order valence-electron chi connectivity index (χ3n) is 2.57. The smallest absolute Gasteiger partial charge is 0.115 e. The van der Waals surface area contributed by atoms with Gasteiger partial charge in [0.25, 0.3) is 0 Å². The first-order valence-electron chi connectivity index (χ1n) is 5.61. The van der Waals surface area contributed by atoms with Crippen LogP contribution >= 0.6 is 12.4 Å². The lowest BCUT2D eigenvalue weighted by Gasteiger charge is -1.98. The summed E-state index contributed by atoms with van der Waals surface area (Å²) in [6, 6.07) is 7.12. The number of aromatic hydroxyl groups is 1. The van der Waals surface area contributed by atoms with Gasteiger partial charge in [0, 0.05) is 18.3 Å². The molecule has 0 aliphatic heterocycles. The third kappa shape index (κ3) is 3.49. The number of halogens is 1. The third-order valence-corrected chi connectivity index (χ3v) is 2.57. The Balaban J connectivity index is 0.00000144. The van der Waals surface area contributed by atoms with Crippen LogP contribution in [0.2, 0.25) is 0 Å². The summed E-state index contributed by atoms with van der Waals surface area (Å²) in [7, 11) is 0. The van der Waals surface area contributed by atoms with Crippen LogP contribution in [0.15, 0.2) is 36.8 Å². The monoisotopic (exact) mass is 252 g/mol. The van der Waals surface area contributed by atoms with E-state index in [2.05, 4.69) is 16.5 Å². The van der Waals surface area contributed by atoms with E-state index in [-0.39, 0.29) is 18.2 Å². The predicted molar refractivity (Wildman–Crippen MR) is 71.5 cm³/mol. The van der Waals surface area contributed by atoms with Gasteiger partial charge in [0.05, 0.1) is 12.0 Å². The summed E-state index contributed by atoms with van der Waals surface area (Å²) in [6.07, 6.45) is 6.26. The molecule has 2 aromatic rings. The van der Waals surface area contributed by atoms with Crippen molar-refractivity contribution in [1.29, 1.82) is 0 Å². The van der Waals surface area contributed by atoms with Gasteiger partial charge in [0.2, 0.25) is 0 Å². The van der Waals surface area contributed by atoms with Crippen molar-refractivity contribution in [3.8, 4) is 17.0 Å². The molecule has 0 bridgehead atoms. The largest absolute Gasteiger partial charge is 0.508 e. The van der Waals surface area contributed by atoms with E-state index in [1.54, 1.807) is 12.1 Å². The Labute approximate surface area is 108 Å². The number of phenols is 1. The SMILES string of the molecule is CCCCn1cnc(-c2ccc(O)cc2)c1.Cl. The molecular formula is C13H17ClN2O. The lowest BCUT2D eigenvalue weighted by molar-refractivity contribution is 0.475. The maximum absolute atomic E-state index is 9.20. The number of hydrogen-bond donors (Lipinski definition) is 1. The van der Waals surface area contributed by atoms with E-state index in [0.29, 0.717) is 0 Å². The Morgan fingerprint density at radius 1 is 1.24 bits per heavy atom. The van der Waals surface area contributed by atoms with E-state index < -0.39 is 0 Å². The Morgan fingerprint density at radius 3 is 2.59 bits per heavy atom. The molecule has 0 fully saturated rings. The normalized spacial score (nSPS) is 9.94. The maximum Gasteiger partial charge on any atom is 0.115 e. The molecule has 3 nitrogen and oxygen atoms in total. The van der Waals surface area contributed by atoms with Gasteiger partial charge in [-0.15, -0.1) is 12.4 Å². The lowest BCUT2D eigenvalue weighted by atomic mass is 10.2. The van der Waals surface area contributed by atoms with Crippen molar-refractivity contribution >= 4 is 12.4 Å². The minimum Gasteiger partial charge on any atom is -0.508 e. The van der Waals surface area contributed by atoms with Crippen molar-refractivity contribution in [2.24, 2.45) is 0 Å². The van der Waals surface area contributed by atoms with Crippen LogP contribution in [0, 0.1) is 0 Å². The summed E-state index contributed by atoms with van der Waals surface area (Å²) in [4.78, 5) is 4.35. The second kappa shape index (κ2) is 6.30. The molecule has 0 atom stereocenters. The summed E-state index contributed by atoms with van der Waals surface area (Å²) < 4.78 is 2.10. The van der Waals surface area contributed by atoms with Crippen molar-refractivity contribution in [2.75, 3.05) is 0 Å². The molecule has 0 amide bonds. The number of nitrogens with zero attached hydrogens (tertiary/aromatic N) is 2. The molecule has 0 radical (unpaired) electrons. The average Bonchev–Trinajstić information content (AvgIpc) is 2.76. The van der Waals surface area contributed by atoms with Crippen LogP contribution in [0.25, 0.3) is 11.3 Å². The molecule has 1 heterocycles. The van der Waals surface area contributed by atoms with Crippen molar-refractivity contribution in [2.45, 2.75) is 26.3 Å². The lowest BCUT2D eigenvalue weighted by Crippen LogP contribution is -1.92. The van der Waals surface area contributed by atoms with Crippen molar-refractivity contribution in [3.63, 3.8) is 0 Å². The molecule has 0 saturated heterocycles. The predicted octanol–water partition coefficient (Wildman–Crippen LogP) is 3.48. The first-order chi connectivity index (χ1) is 7.79. The molecule has 0 aliphatic carbocycles. The second-order valence-electron chi connectivity index (χ2n) is 3.90. The Morgan fingerprint density at radius 2 is 1.94 bits per heavy atom. The van der Waals surface area contributed by atoms with Gasteiger partial charge in [-0.05, 0) is 30.7 Å². The van der Waals surface area contributed by atoms with Crippen LogP contribution in [-0.4, -0.2) is 14.7 Å². The Bertz CT molecular complexity index is 451. The van der Waals surface area contributed by atoms with E-state index in [0.717, 1.165) is 17.8 Å². The zero-order valence-electron chi connectivity index (χ0n) is 9.84. The zero-order valence-corrected chi connectivity index (χ0v) is 10.7.